The first-order valence-electron chi connectivity index (χ1n) is 10.1. The Labute approximate surface area is 192 Å². The van der Waals surface area contributed by atoms with Crippen molar-refractivity contribution in [1.82, 2.24) is 19.7 Å². The van der Waals surface area contributed by atoms with Gasteiger partial charge < -0.3 is 14.3 Å². The second kappa shape index (κ2) is 8.22. The molecule has 1 aromatic heterocycles. The van der Waals surface area contributed by atoms with E-state index in [1.165, 1.54) is 13.2 Å². The fraction of sp³-hybridized carbons (Fsp3) is 0.125. The lowest BCUT2D eigenvalue weighted by atomic mass is 9.90. The zero-order valence-electron chi connectivity index (χ0n) is 17.4. The van der Waals surface area contributed by atoms with Crippen molar-refractivity contribution in [2.24, 2.45) is 0 Å². The zero-order chi connectivity index (χ0) is 23.1. The van der Waals surface area contributed by atoms with E-state index in [9.17, 15) is 9.59 Å². The van der Waals surface area contributed by atoms with Gasteiger partial charge in [0.2, 0.25) is 0 Å². The van der Waals surface area contributed by atoms with Crippen LogP contribution in [0.3, 0.4) is 0 Å². The number of hydrogen-bond acceptors (Lipinski definition) is 4. The Morgan fingerprint density at radius 3 is 2.82 bits per heavy atom. The molecule has 3 heterocycles. The Balaban J connectivity index is 1.72. The van der Waals surface area contributed by atoms with E-state index < -0.39 is 23.3 Å². The molecule has 1 atom stereocenters. The average molecular weight is 465 g/mol. The molecule has 166 valence electrons. The number of ether oxygens (including phenoxy) is 1. The summed E-state index contributed by atoms with van der Waals surface area (Å²) in [5, 5.41) is 7.52. The van der Waals surface area contributed by atoms with Crippen molar-refractivity contribution in [3.05, 3.63) is 98.9 Å². The predicted molar refractivity (Wildman–Crippen MR) is 122 cm³/mol. The van der Waals surface area contributed by atoms with Crippen LogP contribution in [0, 0.1) is 5.82 Å². The number of pyridine rings is 1. The lowest BCUT2D eigenvalue weighted by Gasteiger charge is -2.22. The van der Waals surface area contributed by atoms with E-state index in [0.717, 1.165) is 16.5 Å². The highest BCUT2D eigenvalue weighted by Gasteiger charge is 2.27. The number of nitrogens with zero attached hydrogens (tertiary/aromatic N) is 2. The molecule has 1 unspecified atom stereocenters. The van der Waals surface area contributed by atoms with Gasteiger partial charge in [0.25, 0.3) is 5.56 Å². The predicted octanol–water partition coefficient (Wildman–Crippen LogP) is 4.57. The fourth-order valence-electron chi connectivity index (χ4n) is 4.24. The van der Waals surface area contributed by atoms with Gasteiger partial charge in [0.1, 0.15) is 17.1 Å². The van der Waals surface area contributed by atoms with Crippen LogP contribution < -0.4 is 5.56 Å². The lowest BCUT2D eigenvalue weighted by Crippen LogP contribution is -2.17. The molecule has 0 amide bonds. The summed E-state index contributed by atoms with van der Waals surface area (Å²) in [5.74, 6) is -1.60. The summed E-state index contributed by atoms with van der Waals surface area (Å²) < 4.78 is 21.6. The van der Waals surface area contributed by atoms with Gasteiger partial charge in [-0.05, 0) is 23.8 Å². The third-order valence-corrected chi connectivity index (χ3v) is 6.09. The summed E-state index contributed by atoms with van der Waals surface area (Å²) in [7, 11) is 1.25. The number of carbonyl (C=O) groups is 1. The van der Waals surface area contributed by atoms with Crippen LogP contribution in [0.2, 0.25) is 5.02 Å². The van der Waals surface area contributed by atoms with E-state index in [1.807, 2.05) is 30.5 Å². The molecule has 9 heteroatoms. The summed E-state index contributed by atoms with van der Waals surface area (Å²) in [5.41, 5.74) is 2.20. The molecule has 0 spiro atoms. The van der Waals surface area contributed by atoms with Crippen LogP contribution in [0.25, 0.3) is 22.2 Å². The molecule has 2 aliphatic rings. The van der Waals surface area contributed by atoms with Crippen molar-refractivity contribution in [3.63, 3.8) is 0 Å². The number of rotatable bonds is 5. The molecule has 2 N–H and O–H groups in total. The quantitative estimate of drug-likeness (QED) is 0.373. The zero-order valence-corrected chi connectivity index (χ0v) is 18.2. The van der Waals surface area contributed by atoms with Gasteiger partial charge >= 0.3 is 5.97 Å². The number of methoxy groups -OCH3 is 1. The number of aromatic amines is 2. The highest BCUT2D eigenvalue weighted by molar-refractivity contribution is 6.31. The number of benzene rings is 2. The number of halogens is 2. The van der Waals surface area contributed by atoms with Gasteiger partial charge in [-0.15, -0.1) is 0 Å². The molecule has 0 radical (unpaired) electrons. The lowest BCUT2D eigenvalue weighted by molar-refractivity contribution is 0.0600. The van der Waals surface area contributed by atoms with Crippen molar-refractivity contribution >= 4 is 28.5 Å². The van der Waals surface area contributed by atoms with E-state index >= 15 is 4.39 Å². The van der Waals surface area contributed by atoms with Gasteiger partial charge in [-0.3, -0.25) is 4.79 Å². The first-order chi connectivity index (χ1) is 16.0. The third-order valence-electron chi connectivity index (χ3n) is 5.76. The van der Waals surface area contributed by atoms with Gasteiger partial charge in [0, 0.05) is 52.5 Å². The van der Waals surface area contributed by atoms with Crippen molar-refractivity contribution in [1.29, 1.82) is 0 Å². The number of H-pyrrole nitrogens is 2. The molecule has 2 aromatic carbocycles. The molecular weight excluding hydrogens is 447 g/mol. The molecule has 33 heavy (non-hydrogen) atoms. The maximum absolute atomic E-state index is 15.1. The van der Waals surface area contributed by atoms with Crippen LogP contribution in [0.4, 0.5) is 4.39 Å². The van der Waals surface area contributed by atoms with Crippen molar-refractivity contribution < 1.29 is 13.9 Å². The number of esters is 1. The average Bonchev–Trinajstić information content (AvgIpc) is 3.41. The van der Waals surface area contributed by atoms with E-state index in [-0.39, 0.29) is 28.4 Å². The number of para-hydroxylation sites is 1. The Morgan fingerprint density at radius 1 is 1.21 bits per heavy atom. The molecule has 0 bridgehead atoms. The van der Waals surface area contributed by atoms with Crippen LogP contribution in [-0.4, -0.2) is 32.8 Å². The fourth-order valence-corrected chi connectivity index (χ4v) is 4.53. The summed E-state index contributed by atoms with van der Waals surface area (Å²) in [6, 6.07) is 12.3. The van der Waals surface area contributed by atoms with E-state index in [4.69, 9.17) is 16.3 Å². The molecule has 2 aliphatic heterocycles. The van der Waals surface area contributed by atoms with E-state index in [0.29, 0.717) is 5.56 Å². The summed E-state index contributed by atoms with van der Waals surface area (Å²) in [6.45, 7) is 0.201. The van der Waals surface area contributed by atoms with E-state index in [1.54, 1.807) is 29.1 Å². The Morgan fingerprint density at radius 2 is 2.03 bits per heavy atom. The SMILES string of the molecule is COC(=O)c1cn(CC(c2c(F)cccc2Cl)c2c[nH]c3ccccc23)cc2c(=O)[nH]nc1-2. The molecule has 3 aromatic rings. The number of hydrogen-bond donors (Lipinski definition) is 2. The molecule has 0 saturated carbocycles. The smallest absolute Gasteiger partial charge is 0.341 e. The maximum Gasteiger partial charge on any atom is 0.341 e. The van der Waals surface area contributed by atoms with Crippen molar-refractivity contribution in [2.75, 3.05) is 7.11 Å². The van der Waals surface area contributed by atoms with Crippen LogP contribution in [-0.2, 0) is 11.3 Å². The highest BCUT2D eigenvalue weighted by Crippen LogP contribution is 2.37. The Bertz CT molecular complexity index is 1500. The largest absolute Gasteiger partial charge is 0.465 e. The molecule has 0 aliphatic carbocycles. The Hall–Kier alpha value is -3.91. The normalized spacial score (nSPS) is 12.3. The first kappa shape index (κ1) is 21.0. The number of nitrogens with one attached hydrogen (secondary N) is 2. The first-order valence-corrected chi connectivity index (χ1v) is 10.5. The van der Waals surface area contributed by atoms with Gasteiger partial charge in [-0.1, -0.05) is 35.9 Å². The molecule has 7 nitrogen and oxygen atoms in total. The van der Waals surface area contributed by atoms with Crippen molar-refractivity contribution in [2.45, 2.75) is 12.5 Å². The minimum Gasteiger partial charge on any atom is -0.465 e. The van der Waals surface area contributed by atoms with Crippen LogP contribution >= 0.6 is 11.6 Å². The number of fused-ring (bicyclic) bond motifs is 2. The van der Waals surface area contributed by atoms with Crippen molar-refractivity contribution in [3.8, 4) is 11.3 Å². The second-order valence-corrected chi connectivity index (χ2v) is 8.06. The maximum atomic E-state index is 15.1. The summed E-state index contributed by atoms with van der Waals surface area (Å²) in [6.07, 6.45) is 4.96. The third kappa shape index (κ3) is 3.58. The van der Waals surface area contributed by atoms with Crippen LogP contribution in [0.1, 0.15) is 27.4 Å². The van der Waals surface area contributed by atoms with Gasteiger partial charge in [-0.2, -0.15) is 5.10 Å². The highest BCUT2D eigenvalue weighted by atomic mass is 35.5. The molecule has 5 rings (SSSR count). The second-order valence-electron chi connectivity index (χ2n) is 7.65. The van der Waals surface area contributed by atoms with Crippen LogP contribution in [0.15, 0.2) is 65.8 Å². The van der Waals surface area contributed by atoms with Gasteiger partial charge in [0.05, 0.1) is 12.7 Å². The molecular formula is C24H18ClFN4O3. The standard InChI is InChI=1S/C24H18ClFN4O3/c1-33-24(32)17-12-30(11-16-22(17)28-29-23(16)31)10-15(21-18(25)6-4-7-19(21)26)14-9-27-20-8-3-2-5-13(14)20/h2-9,11-12,15,27H,10H2,1H3,(H,29,31). The summed E-state index contributed by atoms with van der Waals surface area (Å²) in [4.78, 5) is 27.9. The number of carbonyl (C=O) groups excluding carboxylic acids is 1. The Kier molecular flexibility index (Phi) is 5.22. The monoisotopic (exact) mass is 464 g/mol. The minimum absolute atomic E-state index is 0.130. The van der Waals surface area contributed by atoms with Gasteiger partial charge in [0.15, 0.2) is 0 Å². The number of aromatic nitrogens is 4. The topological polar surface area (TPSA) is 92.8 Å². The summed E-state index contributed by atoms with van der Waals surface area (Å²) >= 11 is 6.47. The van der Waals surface area contributed by atoms with Crippen LogP contribution in [0.5, 0.6) is 0 Å². The van der Waals surface area contributed by atoms with E-state index in [2.05, 4.69) is 15.2 Å². The molecule has 0 fully saturated rings. The van der Waals surface area contributed by atoms with Gasteiger partial charge in [-0.25, -0.2) is 14.3 Å². The molecule has 0 saturated heterocycles. The minimum atomic E-state index is -0.631.